The number of carbonyl (C=O) groups is 2. The molecular weight excluding hydrogens is 266 g/mol. The van der Waals surface area contributed by atoms with E-state index in [9.17, 15) is 14.7 Å². The summed E-state index contributed by atoms with van der Waals surface area (Å²) < 4.78 is 0. The number of aliphatic carboxylic acids is 1. The Morgan fingerprint density at radius 2 is 1.95 bits per heavy atom. The maximum absolute atomic E-state index is 12.6. The molecule has 0 aromatic heterocycles. The number of hydrogen-bond donors (Lipinski definition) is 1. The van der Waals surface area contributed by atoms with E-state index in [1.54, 1.807) is 4.90 Å². The molecule has 2 unspecified atom stereocenters. The third-order valence-electron chi connectivity index (χ3n) is 4.51. The second-order valence-electron chi connectivity index (χ2n) is 6.46. The fourth-order valence-corrected chi connectivity index (χ4v) is 3.13. The molecular formula is C17H23NO3. The second-order valence-corrected chi connectivity index (χ2v) is 6.46. The molecule has 1 aromatic carbocycles. The van der Waals surface area contributed by atoms with Gasteiger partial charge in [-0.25, -0.2) is 0 Å². The van der Waals surface area contributed by atoms with Gasteiger partial charge in [0.15, 0.2) is 0 Å². The first-order valence-electron chi connectivity index (χ1n) is 7.36. The van der Waals surface area contributed by atoms with Gasteiger partial charge in [-0.1, -0.05) is 43.7 Å². The Labute approximate surface area is 125 Å². The molecule has 1 saturated carbocycles. The molecule has 21 heavy (non-hydrogen) atoms. The summed E-state index contributed by atoms with van der Waals surface area (Å²) >= 11 is 0. The predicted octanol–water partition coefficient (Wildman–Crippen LogP) is 2.70. The Balaban J connectivity index is 2.12. The van der Waals surface area contributed by atoms with Crippen LogP contribution >= 0.6 is 0 Å². The third-order valence-corrected chi connectivity index (χ3v) is 4.51. The molecule has 1 N–H and O–H groups in total. The van der Waals surface area contributed by atoms with Crippen molar-refractivity contribution in [1.29, 1.82) is 0 Å². The Hall–Kier alpha value is -1.84. The van der Waals surface area contributed by atoms with Crippen LogP contribution in [-0.4, -0.2) is 28.4 Å². The van der Waals surface area contributed by atoms with Crippen molar-refractivity contribution in [2.45, 2.75) is 34.2 Å². The number of aryl methyl sites for hydroxylation is 1. The minimum Gasteiger partial charge on any atom is -0.481 e. The van der Waals surface area contributed by atoms with Crippen LogP contribution < -0.4 is 0 Å². The minimum absolute atomic E-state index is 0.0450. The number of carboxylic acid groups (broad SMARTS) is 1. The summed E-state index contributed by atoms with van der Waals surface area (Å²) in [5.74, 6) is -1.88. The van der Waals surface area contributed by atoms with Crippen LogP contribution in [0.3, 0.4) is 0 Å². The van der Waals surface area contributed by atoms with E-state index in [0.717, 1.165) is 11.1 Å². The largest absolute Gasteiger partial charge is 0.481 e. The predicted molar refractivity (Wildman–Crippen MR) is 80.7 cm³/mol. The molecule has 4 nitrogen and oxygen atoms in total. The van der Waals surface area contributed by atoms with E-state index in [1.165, 1.54) is 0 Å². The van der Waals surface area contributed by atoms with Crippen LogP contribution in [0.2, 0.25) is 0 Å². The standard InChI is InChI=1S/C17H23NO3/c1-5-18(10-12-8-6-7-11(2)9-12)15(19)13-14(16(20)21)17(13,3)4/h6-9,13-14H,5,10H2,1-4H3,(H,20,21). The van der Waals surface area contributed by atoms with Gasteiger partial charge in [0.1, 0.15) is 0 Å². The van der Waals surface area contributed by atoms with Crippen molar-refractivity contribution in [2.75, 3.05) is 6.54 Å². The molecule has 0 aliphatic heterocycles. The number of benzene rings is 1. The summed E-state index contributed by atoms with van der Waals surface area (Å²) in [5, 5.41) is 9.22. The number of amides is 1. The van der Waals surface area contributed by atoms with Crippen molar-refractivity contribution in [2.24, 2.45) is 17.3 Å². The Morgan fingerprint density at radius 1 is 1.29 bits per heavy atom. The van der Waals surface area contributed by atoms with Gasteiger partial charge in [-0.3, -0.25) is 9.59 Å². The van der Waals surface area contributed by atoms with Gasteiger partial charge in [0.25, 0.3) is 0 Å². The number of rotatable bonds is 5. The smallest absolute Gasteiger partial charge is 0.307 e. The summed E-state index contributed by atoms with van der Waals surface area (Å²) in [6.45, 7) is 8.79. The topological polar surface area (TPSA) is 57.6 Å². The zero-order chi connectivity index (χ0) is 15.8. The van der Waals surface area contributed by atoms with Crippen LogP contribution in [0.4, 0.5) is 0 Å². The van der Waals surface area contributed by atoms with Gasteiger partial charge >= 0.3 is 5.97 Å². The van der Waals surface area contributed by atoms with Crippen LogP contribution in [0.15, 0.2) is 24.3 Å². The molecule has 0 bridgehead atoms. The number of carbonyl (C=O) groups excluding carboxylic acids is 1. The SMILES string of the molecule is CCN(Cc1cccc(C)c1)C(=O)C1C(C(=O)O)C1(C)C. The summed E-state index contributed by atoms with van der Waals surface area (Å²) in [7, 11) is 0. The van der Waals surface area contributed by atoms with Crippen molar-refractivity contribution >= 4 is 11.9 Å². The highest BCUT2D eigenvalue weighted by Crippen LogP contribution is 2.59. The van der Waals surface area contributed by atoms with Gasteiger partial charge < -0.3 is 10.0 Å². The second kappa shape index (κ2) is 5.51. The molecule has 2 atom stereocenters. The fraction of sp³-hybridized carbons (Fsp3) is 0.529. The monoisotopic (exact) mass is 289 g/mol. The van der Waals surface area contributed by atoms with Crippen LogP contribution in [0, 0.1) is 24.2 Å². The van der Waals surface area contributed by atoms with Crippen LogP contribution in [0.1, 0.15) is 31.9 Å². The quantitative estimate of drug-likeness (QED) is 0.906. The Bertz CT molecular complexity index is 565. The van der Waals surface area contributed by atoms with Gasteiger partial charge in [0.05, 0.1) is 11.8 Å². The van der Waals surface area contributed by atoms with E-state index in [4.69, 9.17) is 0 Å². The zero-order valence-electron chi connectivity index (χ0n) is 13.1. The van der Waals surface area contributed by atoms with Crippen molar-refractivity contribution in [3.8, 4) is 0 Å². The first kappa shape index (κ1) is 15.5. The van der Waals surface area contributed by atoms with E-state index >= 15 is 0 Å². The lowest BCUT2D eigenvalue weighted by Crippen LogP contribution is -2.33. The maximum atomic E-state index is 12.6. The fourth-order valence-electron chi connectivity index (χ4n) is 3.13. The maximum Gasteiger partial charge on any atom is 0.307 e. The molecule has 0 saturated heterocycles. The number of carboxylic acids is 1. The van der Waals surface area contributed by atoms with E-state index in [2.05, 4.69) is 6.07 Å². The molecule has 0 spiro atoms. The molecule has 1 aliphatic carbocycles. The molecule has 1 fully saturated rings. The Kier molecular flexibility index (Phi) is 4.08. The number of hydrogen-bond acceptors (Lipinski definition) is 2. The summed E-state index contributed by atoms with van der Waals surface area (Å²) in [4.78, 5) is 25.6. The van der Waals surface area contributed by atoms with Gasteiger partial charge in [0, 0.05) is 13.1 Å². The zero-order valence-corrected chi connectivity index (χ0v) is 13.1. The molecule has 114 valence electrons. The van der Waals surface area contributed by atoms with Crippen molar-refractivity contribution in [1.82, 2.24) is 4.90 Å². The average Bonchev–Trinajstić information content (AvgIpc) is 2.98. The first-order chi connectivity index (χ1) is 9.78. The minimum atomic E-state index is -0.870. The molecule has 1 aliphatic rings. The molecule has 2 rings (SSSR count). The molecule has 4 heteroatoms. The van der Waals surface area contributed by atoms with Gasteiger partial charge in [-0.15, -0.1) is 0 Å². The van der Waals surface area contributed by atoms with E-state index in [0.29, 0.717) is 13.1 Å². The molecule has 0 radical (unpaired) electrons. The van der Waals surface area contributed by atoms with Gasteiger partial charge in [0.2, 0.25) is 5.91 Å². The van der Waals surface area contributed by atoms with Crippen molar-refractivity contribution in [3.63, 3.8) is 0 Å². The molecule has 1 aromatic rings. The van der Waals surface area contributed by atoms with Crippen molar-refractivity contribution < 1.29 is 14.7 Å². The Morgan fingerprint density at radius 3 is 2.43 bits per heavy atom. The first-order valence-corrected chi connectivity index (χ1v) is 7.36. The van der Waals surface area contributed by atoms with Gasteiger partial charge in [-0.05, 0) is 24.8 Å². The lowest BCUT2D eigenvalue weighted by Gasteiger charge is -2.22. The van der Waals surface area contributed by atoms with E-state index in [1.807, 2.05) is 45.9 Å². The molecule has 0 heterocycles. The summed E-state index contributed by atoms with van der Waals surface area (Å²) in [5.41, 5.74) is 1.80. The van der Waals surface area contributed by atoms with Crippen LogP contribution in [-0.2, 0) is 16.1 Å². The van der Waals surface area contributed by atoms with E-state index in [-0.39, 0.29) is 5.91 Å². The third kappa shape index (κ3) is 2.94. The lowest BCUT2D eigenvalue weighted by molar-refractivity contribution is -0.142. The summed E-state index contributed by atoms with van der Waals surface area (Å²) in [6, 6.07) is 8.05. The highest BCUT2D eigenvalue weighted by Gasteiger charge is 2.66. The average molecular weight is 289 g/mol. The van der Waals surface area contributed by atoms with Crippen molar-refractivity contribution in [3.05, 3.63) is 35.4 Å². The number of nitrogens with zero attached hydrogens (tertiary/aromatic N) is 1. The highest BCUT2D eigenvalue weighted by atomic mass is 16.4. The molecule has 1 amide bonds. The van der Waals surface area contributed by atoms with Crippen LogP contribution in [0.25, 0.3) is 0 Å². The lowest BCUT2D eigenvalue weighted by atomic mass is 10.1. The highest BCUT2D eigenvalue weighted by molar-refractivity contribution is 5.91. The van der Waals surface area contributed by atoms with Crippen LogP contribution in [0.5, 0.6) is 0 Å². The summed E-state index contributed by atoms with van der Waals surface area (Å²) in [6.07, 6.45) is 0. The van der Waals surface area contributed by atoms with E-state index < -0.39 is 23.2 Å². The normalized spacial score (nSPS) is 22.7. The van der Waals surface area contributed by atoms with Gasteiger partial charge in [-0.2, -0.15) is 0 Å².